The standard InChI is InChI=1S/C21H23ClN4O6S/c1-23-21(29)24-19(27)14-32-20(28)17-13-16(7-8-18(17)22)33(30,31)26-11-9-25(10-12-26)15-5-3-2-4-6-15/h2-8,13H,9-12,14H2,1H3,(H2,23,24,27,29). The molecular formula is C21H23ClN4O6S. The predicted molar refractivity (Wildman–Crippen MR) is 122 cm³/mol. The van der Waals surface area contributed by atoms with Gasteiger partial charge in [0.1, 0.15) is 0 Å². The third-order valence-electron chi connectivity index (χ3n) is 4.97. The van der Waals surface area contributed by atoms with Crippen LogP contribution in [0.1, 0.15) is 10.4 Å². The van der Waals surface area contributed by atoms with E-state index in [1.54, 1.807) is 0 Å². The first-order valence-electron chi connectivity index (χ1n) is 10.0. The summed E-state index contributed by atoms with van der Waals surface area (Å²) >= 11 is 6.06. The van der Waals surface area contributed by atoms with E-state index >= 15 is 0 Å². The fraction of sp³-hybridized carbons (Fsp3) is 0.286. The Bertz CT molecular complexity index is 1130. The molecule has 2 N–H and O–H groups in total. The van der Waals surface area contributed by atoms with Gasteiger partial charge < -0.3 is 15.0 Å². The van der Waals surface area contributed by atoms with Crippen LogP contribution < -0.4 is 15.5 Å². The summed E-state index contributed by atoms with van der Waals surface area (Å²) in [5, 5.41) is 4.10. The molecule has 1 fully saturated rings. The van der Waals surface area contributed by atoms with Crippen LogP contribution in [0.2, 0.25) is 5.02 Å². The Balaban J connectivity index is 1.68. The zero-order valence-electron chi connectivity index (χ0n) is 17.8. The molecule has 3 amide bonds. The van der Waals surface area contributed by atoms with Crippen molar-refractivity contribution in [3.8, 4) is 0 Å². The molecule has 10 nitrogen and oxygen atoms in total. The van der Waals surface area contributed by atoms with E-state index in [0.717, 1.165) is 11.8 Å². The lowest BCUT2D eigenvalue weighted by molar-refractivity contribution is -0.123. The zero-order chi connectivity index (χ0) is 24.0. The summed E-state index contributed by atoms with van der Waals surface area (Å²) in [5.74, 6) is -1.84. The third kappa shape index (κ3) is 6.01. The maximum Gasteiger partial charge on any atom is 0.340 e. The van der Waals surface area contributed by atoms with E-state index in [-0.39, 0.29) is 28.6 Å². The van der Waals surface area contributed by atoms with Crippen LogP contribution in [0.25, 0.3) is 0 Å². The Labute approximate surface area is 196 Å². The van der Waals surface area contributed by atoms with Gasteiger partial charge >= 0.3 is 12.0 Å². The van der Waals surface area contributed by atoms with Crippen molar-refractivity contribution in [3.05, 3.63) is 59.1 Å². The lowest BCUT2D eigenvalue weighted by Gasteiger charge is -2.35. The molecule has 1 aliphatic rings. The molecule has 12 heteroatoms. The second-order valence-corrected chi connectivity index (χ2v) is 9.42. The number of carbonyl (C=O) groups excluding carboxylic acids is 3. The Morgan fingerprint density at radius 3 is 2.33 bits per heavy atom. The fourth-order valence-corrected chi connectivity index (χ4v) is 4.87. The van der Waals surface area contributed by atoms with E-state index < -0.39 is 34.5 Å². The number of rotatable bonds is 6. The van der Waals surface area contributed by atoms with Crippen molar-refractivity contribution < 1.29 is 27.5 Å². The predicted octanol–water partition coefficient (Wildman–Crippen LogP) is 1.46. The van der Waals surface area contributed by atoms with Crippen LogP contribution in [0.5, 0.6) is 0 Å². The molecule has 0 unspecified atom stereocenters. The fourth-order valence-electron chi connectivity index (χ4n) is 3.23. The van der Waals surface area contributed by atoms with E-state index in [0.29, 0.717) is 13.1 Å². The van der Waals surface area contributed by atoms with Gasteiger partial charge in [-0.1, -0.05) is 29.8 Å². The highest BCUT2D eigenvalue weighted by molar-refractivity contribution is 7.89. The lowest BCUT2D eigenvalue weighted by Crippen LogP contribution is -2.48. The average Bonchev–Trinajstić information content (AvgIpc) is 2.83. The number of para-hydroxylation sites is 1. The van der Waals surface area contributed by atoms with E-state index in [1.165, 1.54) is 23.5 Å². The molecule has 1 saturated heterocycles. The first-order valence-corrected chi connectivity index (χ1v) is 11.8. The largest absolute Gasteiger partial charge is 0.452 e. The van der Waals surface area contributed by atoms with Crippen molar-refractivity contribution in [2.45, 2.75) is 4.90 Å². The SMILES string of the molecule is CNC(=O)NC(=O)COC(=O)c1cc(S(=O)(=O)N2CCN(c3ccccc3)CC2)ccc1Cl. The van der Waals surface area contributed by atoms with Gasteiger partial charge in [0, 0.05) is 38.9 Å². The van der Waals surface area contributed by atoms with E-state index in [1.807, 2.05) is 35.6 Å². The number of amides is 3. The molecule has 2 aromatic carbocycles. The monoisotopic (exact) mass is 494 g/mol. The summed E-state index contributed by atoms with van der Waals surface area (Å²) in [5.41, 5.74) is 0.819. The number of halogens is 1. The van der Waals surface area contributed by atoms with Crippen molar-refractivity contribution in [1.82, 2.24) is 14.9 Å². The van der Waals surface area contributed by atoms with E-state index in [4.69, 9.17) is 16.3 Å². The second-order valence-electron chi connectivity index (χ2n) is 7.07. The number of piperazine rings is 1. The summed E-state index contributed by atoms with van der Waals surface area (Å²) < 4.78 is 32.5. The number of benzene rings is 2. The lowest BCUT2D eigenvalue weighted by atomic mass is 10.2. The van der Waals surface area contributed by atoms with E-state index in [9.17, 15) is 22.8 Å². The number of ether oxygens (including phenoxy) is 1. The van der Waals surface area contributed by atoms with Gasteiger partial charge in [-0.3, -0.25) is 10.1 Å². The highest BCUT2D eigenvalue weighted by Crippen LogP contribution is 2.25. The molecule has 33 heavy (non-hydrogen) atoms. The summed E-state index contributed by atoms with van der Waals surface area (Å²) in [6.07, 6.45) is 0. The topological polar surface area (TPSA) is 125 Å². The van der Waals surface area contributed by atoms with Crippen LogP contribution in [0, 0.1) is 0 Å². The Morgan fingerprint density at radius 2 is 1.70 bits per heavy atom. The minimum Gasteiger partial charge on any atom is -0.452 e. The number of carbonyl (C=O) groups is 3. The van der Waals surface area contributed by atoms with Crippen molar-refractivity contribution in [2.24, 2.45) is 0 Å². The molecule has 1 heterocycles. The van der Waals surface area contributed by atoms with Crippen molar-refractivity contribution in [2.75, 3.05) is 44.7 Å². The maximum absolute atomic E-state index is 13.1. The molecule has 3 rings (SSSR count). The quantitative estimate of drug-likeness (QED) is 0.582. The Morgan fingerprint density at radius 1 is 1.03 bits per heavy atom. The van der Waals surface area contributed by atoms with Gasteiger partial charge in [0.2, 0.25) is 10.0 Å². The van der Waals surface area contributed by atoms with Crippen LogP contribution >= 0.6 is 11.6 Å². The van der Waals surface area contributed by atoms with Gasteiger partial charge in [-0.15, -0.1) is 0 Å². The number of esters is 1. The van der Waals surface area contributed by atoms with Gasteiger partial charge in [-0.25, -0.2) is 18.0 Å². The summed E-state index contributed by atoms with van der Waals surface area (Å²) in [6.45, 7) is 0.859. The molecule has 2 aromatic rings. The van der Waals surface area contributed by atoms with Crippen LogP contribution in [-0.4, -0.2) is 70.5 Å². The number of nitrogens with one attached hydrogen (secondary N) is 2. The summed E-state index contributed by atoms with van der Waals surface area (Å²) in [6, 6.07) is 12.7. The number of hydrogen-bond donors (Lipinski definition) is 2. The van der Waals surface area contributed by atoms with E-state index in [2.05, 4.69) is 10.2 Å². The number of nitrogens with zero attached hydrogens (tertiary/aromatic N) is 2. The first-order chi connectivity index (χ1) is 15.7. The first kappa shape index (κ1) is 24.5. The molecular weight excluding hydrogens is 472 g/mol. The minimum atomic E-state index is -3.88. The van der Waals surface area contributed by atoms with Gasteiger partial charge in [0.05, 0.1) is 15.5 Å². The number of urea groups is 1. The maximum atomic E-state index is 13.1. The van der Waals surface area contributed by atoms with Crippen molar-refractivity contribution in [1.29, 1.82) is 0 Å². The number of imide groups is 1. The highest BCUT2D eigenvalue weighted by atomic mass is 35.5. The third-order valence-corrected chi connectivity index (χ3v) is 7.19. The molecule has 176 valence electrons. The minimum absolute atomic E-state index is 0.0282. The normalized spacial score (nSPS) is 14.4. The van der Waals surface area contributed by atoms with Crippen molar-refractivity contribution >= 4 is 45.2 Å². The zero-order valence-corrected chi connectivity index (χ0v) is 19.4. The highest BCUT2D eigenvalue weighted by Gasteiger charge is 2.30. The number of anilines is 1. The van der Waals surface area contributed by atoms with Crippen molar-refractivity contribution in [3.63, 3.8) is 0 Å². The van der Waals surface area contributed by atoms with Gasteiger partial charge in [0.15, 0.2) is 6.61 Å². The molecule has 0 radical (unpaired) electrons. The summed E-state index contributed by atoms with van der Waals surface area (Å²) in [7, 11) is -2.56. The Kier molecular flexibility index (Phi) is 7.90. The second kappa shape index (κ2) is 10.6. The van der Waals surface area contributed by atoms with Crippen LogP contribution in [0.4, 0.5) is 10.5 Å². The van der Waals surface area contributed by atoms with Crippen LogP contribution in [-0.2, 0) is 19.6 Å². The molecule has 1 aliphatic heterocycles. The molecule has 0 saturated carbocycles. The van der Waals surface area contributed by atoms with Crippen LogP contribution in [0.3, 0.4) is 0 Å². The van der Waals surface area contributed by atoms with Crippen LogP contribution in [0.15, 0.2) is 53.4 Å². The molecule has 0 bridgehead atoms. The molecule has 0 atom stereocenters. The molecule has 0 aromatic heterocycles. The average molecular weight is 495 g/mol. The van der Waals surface area contributed by atoms with Gasteiger partial charge in [-0.05, 0) is 30.3 Å². The molecule has 0 aliphatic carbocycles. The summed E-state index contributed by atoms with van der Waals surface area (Å²) in [4.78, 5) is 37.1. The molecule has 0 spiro atoms. The van der Waals surface area contributed by atoms with Gasteiger partial charge in [0.25, 0.3) is 5.91 Å². The smallest absolute Gasteiger partial charge is 0.340 e. The number of hydrogen-bond acceptors (Lipinski definition) is 7. The Hall–Kier alpha value is -3.15. The number of sulfonamides is 1. The van der Waals surface area contributed by atoms with Gasteiger partial charge in [-0.2, -0.15) is 4.31 Å².